The number of aryl methyl sites for hydroxylation is 2. The molecular formula is C27H32N4O. The van der Waals surface area contributed by atoms with Crippen molar-refractivity contribution in [2.75, 3.05) is 18.0 Å². The number of anilines is 1. The van der Waals surface area contributed by atoms with Gasteiger partial charge in [-0.15, -0.1) is 10.2 Å². The lowest BCUT2D eigenvalue weighted by Gasteiger charge is -2.33. The molecule has 0 aliphatic carbocycles. The van der Waals surface area contributed by atoms with Crippen molar-refractivity contribution in [1.82, 2.24) is 15.5 Å². The number of carbonyl (C=O) groups excluding carboxylic acids is 1. The fourth-order valence-corrected chi connectivity index (χ4v) is 4.36. The minimum Gasteiger partial charge on any atom is -0.354 e. The molecule has 1 fully saturated rings. The van der Waals surface area contributed by atoms with Gasteiger partial charge in [-0.2, -0.15) is 0 Å². The Labute approximate surface area is 190 Å². The molecule has 5 heteroatoms. The van der Waals surface area contributed by atoms with Gasteiger partial charge in [-0.1, -0.05) is 54.6 Å². The number of aromatic nitrogens is 2. The number of hydrogen-bond donors (Lipinski definition) is 1. The summed E-state index contributed by atoms with van der Waals surface area (Å²) in [6.07, 6.45) is 3.82. The Bertz CT molecular complexity index is 1020. The number of rotatable bonds is 7. The first-order valence-electron chi connectivity index (χ1n) is 11.6. The third-order valence-corrected chi connectivity index (χ3v) is 6.29. The first-order valence-corrected chi connectivity index (χ1v) is 11.6. The standard InChI is InChI=1S/C27H32N4O/c1-20-9-6-7-13-24(20)25-16-17-26(30-29-25)31-18-8-12-23(19-31)27(32)28-21(2)14-15-22-10-4-3-5-11-22/h3-7,9-11,13,16-17,21,23H,8,12,14-15,18-19H2,1-2H3,(H,28,32)/t21-,23+/m0/s1. The van der Waals surface area contributed by atoms with Crippen LogP contribution in [-0.4, -0.2) is 35.2 Å². The molecule has 2 atom stereocenters. The molecule has 0 unspecified atom stereocenters. The van der Waals surface area contributed by atoms with Crippen molar-refractivity contribution in [3.63, 3.8) is 0 Å². The summed E-state index contributed by atoms with van der Waals surface area (Å²) in [5.41, 5.74) is 4.48. The molecule has 1 amide bonds. The van der Waals surface area contributed by atoms with Crippen LogP contribution in [0.1, 0.15) is 37.3 Å². The Balaban J connectivity index is 1.32. The van der Waals surface area contributed by atoms with Gasteiger partial charge in [0.25, 0.3) is 0 Å². The molecule has 166 valence electrons. The normalized spacial score (nSPS) is 17.1. The third kappa shape index (κ3) is 5.52. The maximum atomic E-state index is 12.9. The van der Waals surface area contributed by atoms with Crippen LogP contribution in [0, 0.1) is 12.8 Å². The summed E-state index contributed by atoms with van der Waals surface area (Å²) in [5.74, 6) is 0.984. The van der Waals surface area contributed by atoms with Gasteiger partial charge in [-0.05, 0) is 62.8 Å². The van der Waals surface area contributed by atoms with Crippen LogP contribution in [0.3, 0.4) is 0 Å². The highest BCUT2D eigenvalue weighted by Crippen LogP contribution is 2.25. The van der Waals surface area contributed by atoms with Crippen molar-refractivity contribution in [2.45, 2.75) is 45.6 Å². The second-order valence-corrected chi connectivity index (χ2v) is 8.81. The van der Waals surface area contributed by atoms with E-state index in [0.717, 1.165) is 49.3 Å². The molecule has 0 saturated carbocycles. The fraction of sp³-hybridized carbons (Fsp3) is 0.370. The van der Waals surface area contributed by atoms with Crippen LogP contribution in [-0.2, 0) is 11.2 Å². The highest BCUT2D eigenvalue weighted by molar-refractivity contribution is 5.79. The first kappa shape index (κ1) is 22.0. The van der Waals surface area contributed by atoms with Gasteiger partial charge in [0, 0.05) is 24.7 Å². The summed E-state index contributed by atoms with van der Waals surface area (Å²) in [4.78, 5) is 15.1. The Morgan fingerprint density at radius 1 is 1.06 bits per heavy atom. The lowest BCUT2D eigenvalue weighted by Crippen LogP contribution is -2.45. The largest absolute Gasteiger partial charge is 0.354 e. The maximum Gasteiger partial charge on any atom is 0.225 e. The average Bonchev–Trinajstić information content (AvgIpc) is 2.84. The van der Waals surface area contributed by atoms with Crippen LogP contribution < -0.4 is 10.2 Å². The SMILES string of the molecule is Cc1ccccc1-c1ccc(N2CCC[C@@H](C(=O)N[C@@H](C)CCc3ccccc3)C2)nn1. The van der Waals surface area contributed by atoms with Crippen molar-refractivity contribution >= 4 is 11.7 Å². The molecule has 1 N–H and O–H groups in total. The zero-order chi connectivity index (χ0) is 22.3. The van der Waals surface area contributed by atoms with E-state index in [2.05, 4.69) is 70.7 Å². The van der Waals surface area contributed by atoms with E-state index in [4.69, 9.17) is 0 Å². The number of nitrogens with one attached hydrogen (secondary N) is 1. The first-order chi connectivity index (χ1) is 15.6. The van der Waals surface area contributed by atoms with Gasteiger partial charge in [0.15, 0.2) is 5.82 Å². The van der Waals surface area contributed by atoms with E-state index in [1.165, 1.54) is 11.1 Å². The van der Waals surface area contributed by atoms with Crippen LogP contribution in [0.2, 0.25) is 0 Å². The second-order valence-electron chi connectivity index (χ2n) is 8.81. The van der Waals surface area contributed by atoms with Crippen molar-refractivity contribution in [3.8, 4) is 11.3 Å². The molecule has 2 aromatic carbocycles. The minimum absolute atomic E-state index is 0.0132. The van der Waals surface area contributed by atoms with Gasteiger partial charge < -0.3 is 10.2 Å². The molecule has 1 aromatic heterocycles. The number of hydrogen-bond acceptors (Lipinski definition) is 4. The van der Waals surface area contributed by atoms with Crippen molar-refractivity contribution in [1.29, 1.82) is 0 Å². The van der Waals surface area contributed by atoms with E-state index in [0.29, 0.717) is 6.54 Å². The maximum absolute atomic E-state index is 12.9. The highest BCUT2D eigenvalue weighted by atomic mass is 16.2. The van der Waals surface area contributed by atoms with E-state index in [-0.39, 0.29) is 17.9 Å². The molecule has 0 radical (unpaired) electrons. The highest BCUT2D eigenvalue weighted by Gasteiger charge is 2.27. The molecule has 3 aromatic rings. The Hall–Kier alpha value is -3.21. The summed E-state index contributed by atoms with van der Waals surface area (Å²) in [5, 5.41) is 12.2. The molecule has 1 saturated heterocycles. The average molecular weight is 429 g/mol. The van der Waals surface area contributed by atoms with Gasteiger partial charge in [0.1, 0.15) is 0 Å². The lowest BCUT2D eigenvalue weighted by molar-refractivity contribution is -0.125. The lowest BCUT2D eigenvalue weighted by atomic mass is 9.96. The zero-order valence-electron chi connectivity index (χ0n) is 19.0. The Morgan fingerprint density at radius 3 is 2.59 bits per heavy atom. The summed E-state index contributed by atoms with van der Waals surface area (Å²) in [6.45, 7) is 5.78. The predicted octanol–water partition coefficient (Wildman–Crippen LogP) is 4.81. The monoisotopic (exact) mass is 428 g/mol. The summed E-state index contributed by atoms with van der Waals surface area (Å²) >= 11 is 0. The third-order valence-electron chi connectivity index (χ3n) is 6.29. The fourth-order valence-electron chi connectivity index (χ4n) is 4.36. The van der Waals surface area contributed by atoms with Crippen LogP contribution in [0.15, 0.2) is 66.7 Å². The van der Waals surface area contributed by atoms with Crippen molar-refractivity contribution in [3.05, 3.63) is 77.9 Å². The van der Waals surface area contributed by atoms with E-state index < -0.39 is 0 Å². The molecule has 2 heterocycles. The van der Waals surface area contributed by atoms with Gasteiger partial charge in [0.05, 0.1) is 11.6 Å². The Morgan fingerprint density at radius 2 is 1.84 bits per heavy atom. The number of amides is 1. The molecule has 4 rings (SSSR count). The summed E-state index contributed by atoms with van der Waals surface area (Å²) < 4.78 is 0. The van der Waals surface area contributed by atoms with Crippen LogP contribution in [0.5, 0.6) is 0 Å². The summed E-state index contributed by atoms with van der Waals surface area (Å²) in [7, 11) is 0. The topological polar surface area (TPSA) is 58.1 Å². The second kappa shape index (κ2) is 10.4. The predicted molar refractivity (Wildman–Crippen MR) is 130 cm³/mol. The number of piperidine rings is 1. The smallest absolute Gasteiger partial charge is 0.225 e. The molecule has 5 nitrogen and oxygen atoms in total. The molecular weight excluding hydrogens is 396 g/mol. The van der Waals surface area contributed by atoms with Crippen molar-refractivity contribution in [2.24, 2.45) is 5.92 Å². The minimum atomic E-state index is -0.0132. The van der Waals surface area contributed by atoms with Crippen LogP contribution in [0.25, 0.3) is 11.3 Å². The van der Waals surface area contributed by atoms with Gasteiger partial charge in [-0.3, -0.25) is 4.79 Å². The Kier molecular flexibility index (Phi) is 7.15. The summed E-state index contributed by atoms with van der Waals surface area (Å²) in [6, 6.07) is 22.8. The van der Waals surface area contributed by atoms with Gasteiger partial charge >= 0.3 is 0 Å². The quantitative estimate of drug-likeness (QED) is 0.587. The van der Waals surface area contributed by atoms with E-state index in [9.17, 15) is 4.79 Å². The van der Waals surface area contributed by atoms with Gasteiger partial charge in [0.2, 0.25) is 5.91 Å². The van der Waals surface area contributed by atoms with Crippen LogP contribution in [0.4, 0.5) is 5.82 Å². The zero-order valence-corrected chi connectivity index (χ0v) is 19.0. The molecule has 0 spiro atoms. The molecule has 1 aliphatic rings. The van der Waals surface area contributed by atoms with Crippen LogP contribution >= 0.6 is 0 Å². The van der Waals surface area contributed by atoms with E-state index in [1.54, 1.807) is 0 Å². The molecule has 1 aliphatic heterocycles. The van der Waals surface area contributed by atoms with Crippen molar-refractivity contribution < 1.29 is 4.79 Å². The number of benzene rings is 2. The molecule has 32 heavy (non-hydrogen) atoms. The number of carbonyl (C=O) groups is 1. The van der Waals surface area contributed by atoms with Gasteiger partial charge in [-0.25, -0.2) is 0 Å². The number of nitrogens with zero attached hydrogens (tertiary/aromatic N) is 3. The molecule has 0 bridgehead atoms. The van der Waals surface area contributed by atoms with E-state index >= 15 is 0 Å². The van der Waals surface area contributed by atoms with E-state index in [1.807, 2.05) is 30.3 Å².